The van der Waals surface area contributed by atoms with Gasteiger partial charge in [-0.05, 0) is 6.07 Å². The summed E-state index contributed by atoms with van der Waals surface area (Å²) in [6, 6.07) is 6.91. The van der Waals surface area contributed by atoms with Crippen LogP contribution in [0.2, 0.25) is 0 Å². The second-order valence-corrected chi connectivity index (χ2v) is 3.79. The molecule has 2 rings (SSSR count). The molecule has 0 bridgehead atoms. The standard InChI is InChI=1S/C12H13NO4/c14-9-4-2-1-3-8(9)10-7-13-11(17-10)5-6-12(15)16/h1-4,10,14H,5-7H2,(H,15,16). The highest BCUT2D eigenvalue weighted by Crippen LogP contribution is 2.30. The van der Waals surface area contributed by atoms with Gasteiger partial charge in [-0.15, -0.1) is 0 Å². The molecule has 90 valence electrons. The van der Waals surface area contributed by atoms with Crippen molar-refractivity contribution in [3.8, 4) is 5.75 Å². The molecule has 0 radical (unpaired) electrons. The summed E-state index contributed by atoms with van der Waals surface area (Å²) in [4.78, 5) is 14.5. The van der Waals surface area contributed by atoms with Gasteiger partial charge in [0, 0.05) is 12.0 Å². The second-order valence-electron chi connectivity index (χ2n) is 3.79. The maximum absolute atomic E-state index is 10.4. The molecule has 5 heteroatoms. The van der Waals surface area contributed by atoms with Crippen LogP contribution < -0.4 is 0 Å². The summed E-state index contributed by atoms with van der Waals surface area (Å²) in [5, 5.41) is 18.2. The number of aliphatic carboxylic acids is 1. The van der Waals surface area contributed by atoms with Gasteiger partial charge in [-0.1, -0.05) is 18.2 Å². The normalized spacial score (nSPS) is 18.6. The first-order valence-electron chi connectivity index (χ1n) is 5.36. The molecule has 2 N–H and O–H groups in total. The number of rotatable bonds is 4. The quantitative estimate of drug-likeness (QED) is 0.832. The lowest BCUT2D eigenvalue weighted by Gasteiger charge is -2.12. The third-order valence-electron chi connectivity index (χ3n) is 2.55. The molecule has 17 heavy (non-hydrogen) atoms. The van der Waals surface area contributed by atoms with Crippen LogP contribution in [0.15, 0.2) is 29.3 Å². The Morgan fingerprint density at radius 1 is 1.47 bits per heavy atom. The highest BCUT2D eigenvalue weighted by atomic mass is 16.5. The van der Waals surface area contributed by atoms with Crippen molar-refractivity contribution in [3.63, 3.8) is 0 Å². The van der Waals surface area contributed by atoms with Crippen molar-refractivity contribution in [2.24, 2.45) is 4.99 Å². The Morgan fingerprint density at radius 2 is 2.24 bits per heavy atom. The van der Waals surface area contributed by atoms with Gasteiger partial charge in [0.25, 0.3) is 0 Å². The molecule has 1 aliphatic heterocycles. The second kappa shape index (κ2) is 4.86. The topological polar surface area (TPSA) is 79.1 Å². The van der Waals surface area contributed by atoms with Crippen LogP contribution in [0, 0.1) is 0 Å². The third-order valence-corrected chi connectivity index (χ3v) is 2.55. The number of para-hydroxylation sites is 1. The maximum Gasteiger partial charge on any atom is 0.303 e. The van der Waals surface area contributed by atoms with E-state index in [4.69, 9.17) is 9.84 Å². The van der Waals surface area contributed by atoms with E-state index in [0.717, 1.165) is 0 Å². The number of benzene rings is 1. The van der Waals surface area contributed by atoms with Gasteiger partial charge in [0.1, 0.15) is 11.9 Å². The minimum atomic E-state index is -0.873. The Labute approximate surface area is 98.4 Å². The number of carbonyl (C=O) groups is 1. The fraction of sp³-hybridized carbons (Fsp3) is 0.333. The Hall–Kier alpha value is -2.04. The zero-order valence-electron chi connectivity index (χ0n) is 9.17. The van der Waals surface area contributed by atoms with Gasteiger partial charge in [0.2, 0.25) is 0 Å². The zero-order chi connectivity index (χ0) is 12.3. The molecule has 1 aromatic rings. The molecular weight excluding hydrogens is 222 g/mol. The maximum atomic E-state index is 10.4. The van der Waals surface area contributed by atoms with Crippen molar-refractivity contribution in [1.82, 2.24) is 0 Å². The van der Waals surface area contributed by atoms with E-state index in [0.29, 0.717) is 24.4 Å². The average molecular weight is 235 g/mol. The first kappa shape index (κ1) is 11.4. The van der Waals surface area contributed by atoms with Crippen LogP contribution in [0.25, 0.3) is 0 Å². The number of hydrogen-bond acceptors (Lipinski definition) is 4. The number of hydrogen-bond donors (Lipinski definition) is 2. The average Bonchev–Trinajstić information content (AvgIpc) is 2.75. The summed E-state index contributed by atoms with van der Waals surface area (Å²) in [7, 11) is 0. The number of phenolic OH excluding ortho intramolecular Hbond substituents is 1. The summed E-state index contributed by atoms with van der Waals surface area (Å²) >= 11 is 0. The van der Waals surface area contributed by atoms with Gasteiger partial charge in [0.05, 0.1) is 13.0 Å². The molecule has 0 fully saturated rings. The van der Waals surface area contributed by atoms with Crippen LogP contribution in [0.5, 0.6) is 5.75 Å². The fourth-order valence-electron chi connectivity index (χ4n) is 1.70. The minimum Gasteiger partial charge on any atom is -0.508 e. The minimum absolute atomic E-state index is 0.00627. The van der Waals surface area contributed by atoms with Gasteiger partial charge < -0.3 is 14.9 Å². The molecule has 1 atom stereocenters. The van der Waals surface area contributed by atoms with E-state index in [-0.39, 0.29) is 18.3 Å². The molecule has 5 nitrogen and oxygen atoms in total. The molecule has 0 saturated heterocycles. The number of nitrogens with zero attached hydrogens (tertiary/aromatic N) is 1. The lowest BCUT2D eigenvalue weighted by atomic mass is 10.1. The number of aliphatic imine (C=N–C) groups is 1. The van der Waals surface area contributed by atoms with Crippen molar-refractivity contribution < 1.29 is 19.7 Å². The molecule has 0 amide bonds. The molecule has 0 aliphatic carbocycles. The van der Waals surface area contributed by atoms with Crippen molar-refractivity contribution in [3.05, 3.63) is 29.8 Å². The highest BCUT2D eigenvalue weighted by Gasteiger charge is 2.23. The highest BCUT2D eigenvalue weighted by molar-refractivity contribution is 5.82. The number of carboxylic acids is 1. The summed E-state index contributed by atoms with van der Waals surface area (Å²) in [5.74, 6) is -0.254. The van der Waals surface area contributed by atoms with Crippen LogP contribution in [0.1, 0.15) is 24.5 Å². The van der Waals surface area contributed by atoms with Gasteiger partial charge in [-0.3, -0.25) is 9.79 Å². The van der Waals surface area contributed by atoms with Crippen molar-refractivity contribution in [2.45, 2.75) is 18.9 Å². The fourth-order valence-corrected chi connectivity index (χ4v) is 1.70. The van der Waals surface area contributed by atoms with Crippen LogP contribution in [-0.2, 0) is 9.53 Å². The lowest BCUT2D eigenvalue weighted by molar-refractivity contribution is -0.136. The van der Waals surface area contributed by atoms with Crippen molar-refractivity contribution >= 4 is 11.9 Å². The molecule has 1 unspecified atom stereocenters. The molecule has 0 saturated carbocycles. The van der Waals surface area contributed by atoms with E-state index in [2.05, 4.69) is 4.99 Å². The monoisotopic (exact) mass is 235 g/mol. The summed E-state index contributed by atoms with van der Waals surface area (Å²) in [6.07, 6.45) is -0.00819. The number of aromatic hydroxyl groups is 1. The third kappa shape index (κ3) is 2.75. The molecule has 1 aliphatic rings. The summed E-state index contributed by atoms with van der Waals surface area (Å²) in [5.41, 5.74) is 0.682. The SMILES string of the molecule is O=C(O)CCC1=NCC(c2ccccc2O)O1. The summed E-state index contributed by atoms with van der Waals surface area (Å²) in [6.45, 7) is 0.423. The molecule has 0 spiro atoms. The first-order chi connectivity index (χ1) is 8.16. The number of carboxylic acid groups (broad SMARTS) is 1. The van der Waals surface area contributed by atoms with Crippen LogP contribution in [0.3, 0.4) is 0 Å². The van der Waals surface area contributed by atoms with Gasteiger partial charge in [0.15, 0.2) is 5.90 Å². The van der Waals surface area contributed by atoms with Crippen LogP contribution >= 0.6 is 0 Å². The zero-order valence-corrected chi connectivity index (χ0v) is 9.17. The van der Waals surface area contributed by atoms with E-state index in [1.54, 1.807) is 18.2 Å². The Kier molecular flexibility index (Phi) is 3.27. The van der Waals surface area contributed by atoms with Crippen LogP contribution in [-0.4, -0.2) is 28.6 Å². The van der Waals surface area contributed by atoms with Crippen molar-refractivity contribution in [1.29, 1.82) is 0 Å². The smallest absolute Gasteiger partial charge is 0.303 e. The van der Waals surface area contributed by atoms with E-state index < -0.39 is 5.97 Å². The molecular formula is C12H13NO4. The van der Waals surface area contributed by atoms with Crippen LogP contribution in [0.4, 0.5) is 0 Å². The van der Waals surface area contributed by atoms with Gasteiger partial charge >= 0.3 is 5.97 Å². The predicted molar refractivity (Wildman–Crippen MR) is 61.1 cm³/mol. The van der Waals surface area contributed by atoms with E-state index in [1.165, 1.54) is 0 Å². The lowest BCUT2D eigenvalue weighted by Crippen LogP contribution is -2.07. The van der Waals surface area contributed by atoms with Gasteiger partial charge in [-0.25, -0.2) is 0 Å². The predicted octanol–water partition coefficient (Wildman–Crippen LogP) is 1.73. The van der Waals surface area contributed by atoms with E-state index >= 15 is 0 Å². The Balaban J connectivity index is 1.96. The summed E-state index contributed by atoms with van der Waals surface area (Å²) < 4.78 is 5.51. The largest absolute Gasteiger partial charge is 0.508 e. The number of phenols is 1. The van der Waals surface area contributed by atoms with Crippen molar-refractivity contribution in [2.75, 3.05) is 6.54 Å². The molecule has 0 aromatic heterocycles. The molecule has 1 heterocycles. The first-order valence-corrected chi connectivity index (χ1v) is 5.36. The Bertz CT molecular complexity index is 456. The molecule has 1 aromatic carbocycles. The van der Waals surface area contributed by atoms with Gasteiger partial charge in [-0.2, -0.15) is 0 Å². The Morgan fingerprint density at radius 3 is 2.94 bits per heavy atom. The number of ether oxygens (including phenoxy) is 1. The van der Waals surface area contributed by atoms with E-state index in [1.807, 2.05) is 6.07 Å². The van der Waals surface area contributed by atoms with E-state index in [9.17, 15) is 9.90 Å².